The first-order chi connectivity index (χ1) is 8.25. The average molecular weight is 230 g/mol. The van der Waals surface area contributed by atoms with Gasteiger partial charge in [-0.2, -0.15) is 0 Å². The monoisotopic (exact) mass is 230 g/mol. The van der Waals surface area contributed by atoms with E-state index in [4.69, 9.17) is 4.42 Å². The number of hydrogen-bond acceptors (Lipinski definition) is 3. The molecule has 0 aliphatic heterocycles. The summed E-state index contributed by atoms with van der Waals surface area (Å²) >= 11 is 0. The van der Waals surface area contributed by atoms with Gasteiger partial charge in [-0.3, -0.25) is 0 Å². The largest absolute Gasteiger partial charge is 0.468 e. The fraction of sp³-hybridized carbons (Fsp3) is 0.286. The summed E-state index contributed by atoms with van der Waals surface area (Å²) in [5.74, 6) is 0.968. The Kier molecular flexibility index (Phi) is 3.83. The van der Waals surface area contributed by atoms with Crippen LogP contribution in [0.1, 0.15) is 11.3 Å². The van der Waals surface area contributed by atoms with Crippen LogP contribution in [-0.2, 0) is 13.1 Å². The second-order valence-electron chi connectivity index (χ2n) is 4.24. The third-order valence-corrected chi connectivity index (χ3v) is 2.66. The normalized spacial score (nSPS) is 10.5. The van der Waals surface area contributed by atoms with Crippen LogP contribution in [-0.4, -0.2) is 14.1 Å². The first-order valence-corrected chi connectivity index (χ1v) is 5.75. The van der Waals surface area contributed by atoms with Crippen molar-refractivity contribution in [3.63, 3.8) is 0 Å². The number of benzene rings is 1. The Hall–Kier alpha value is -1.74. The zero-order valence-corrected chi connectivity index (χ0v) is 10.3. The highest BCUT2D eigenvalue weighted by atomic mass is 16.3. The van der Waals surface area contributed by atoms with Gasteiger partial charge < -0.3 is 14.6 Å². The van der Waals surface area contributed by atoms with Gasteiger partial charge in [0, 0.05) is 26.3 Å². The molecule has 2 aromatic rings. The summed E-state index contributed by atoms with van der Waals surface area (Å²) in [7, 11) is 4.09. The van der Waals surface area contributed by atoms with E-state index in [0.717, 1.165) is 18.8 Å². The van der Waals surface area contributed by atoms with E-state index in [2.05, 4.69) is 34.5 Å². The van der Waals surface area contributed by atoms with Gasteiger partial charge in [-0.25, -0.2) is 0 Å². The summed E-state index contributed by atoms with van der Waals surface area (Å²) in [5, 5.41) is 3.35. The second-order valence-corrected chi connectivity index (χ2v) is 4.24. The van der Waals surface area contributed by atoms with Crippen LogP contribution in [0.5, 0.6) is 0 Å². The van der Waals surface area contributed by atoms with E-state index >= 15 is 0 Å². The quantitative estimate of drug-likeness (QED) is 0.856. The lowest BCUT2D eigenvalue weighted by Crippen LogP contribution is -2.12. The van der Waals surface area contributed by atoms with Crippen molar-refractivity contribution in [1.29, 1.82) is 0 Å². The molecule has 1 aromatic heterocycles. The maximum absolute atomic E-state index is 5.25. The highest BCUT2D eigenvalue weighted by molar-refractivity contribution is 5.45. The van der Waals surface area contributed by atoms with Crippen LogP contribution in [0.3, 0.4) is 0 Å². The molecular formula is C14H18N2O. The molecule has 0 spiro atoms. The van der Waals surface area contributed by atoms with Crippen molar-refractivity contribution in [2.45, 2.75) is 13.1 Å². The Balaban J connectivity index is 1.83. The molecule has 1 aromatic carbocycles. The third kappa shape index (κ3) is 3.36. The number of nitrogens with one attached hydrogen (secondary N) is 1. The van der Waals surface area contributed by atoms with Gasteiger partial charge in [0.1, 0.15) is 5.76 Å². The van der Waals surface area contributed by atoms with Crippen molar-refractivity contribution >= 4 is 5.69 Å². The maximum atomic E-state index is 5.25. The van der Waals surface area contributed by atoms with Crippen LogP contribution in [0.25, 0.3) is 0 Å². The SMILES string of the molecule is CN(C)c1ccc(CNCc2ccco2)cc1. The van der Waals surface area contributed by atoms with Crippen LogP contribution in [0.15, 0.2) is 47.1 Å². The summed E-state index contributed by atoms with van der Waals surface area (Å²) in [5.41, 5.74) is 2.50. The van der Waals surface area contributed by atoms with Gasteiger partial charge >= 0.3 is 0 Å². The Morgan fingerprint density at radius 3 is 2.41 bits per heavy atom. The van der Waals surface area contributed by atoms with Crippen LogP contribution in [0, 0.1) is 0 Å². The van der Waals surface area contributed by atoms with E-state index in [0.29, 0.717) is 0 Å². The van der Waals surface area contributed by atoms with Crippen molar-refractivity contribution in [3.05, 3.63) is 54.0 Å². The molecule has 3 heteroatoms. The lowest BCUT2D eigenvalue weighted by Gasteiger charge is -2.12. The molecule has 0 amide bonds. The molecule has 90 valence electrons. The molecular weight excluding hydrogens is 212 g/mol. The van der Waals surface area contributed by atoms with Gasteiger partial charge in [-0.15, -0.1) is 0 Å². The van der Waals surface area contributed by atoms with Crippen LogP contribution in [0.4, 0.5) is 5.69 Å². The van der Waals surface area contributed by atoms with E-state index in [1.807, 2.05) is 26.2 Å². The molecule has 0 bridgehead atoms. The maximum Gasteiger partial charge on any atom is 0.117 e. The van der Waals surface area contributed by atoms with E-state index in [1.165, 1.54) is 11.3 Å². The standard InChI is InChI=1S/C14H18N2O/c1-16(2)13-7-5-12(6-8-13)10-15-11-14-4-3-9-17-14/h3-9,15H,10-11H2,1-2H3. The molecule has 0 aliphatic rings. The van der Waals surface area contributed by atoms with E-state index in [9.17, 15) is 0 Å². The number of furan rings is 1. The van der Waals surface area contributed by atoms with Crippen molar-refractivity contribution < 1.29 is 4.42 Å². The first kappa shape index (κ1) is 11.7. The van der Waals surface area contributed by atoms with Gasteiger partial charge in [0.2, 0.25) is 0 Å². The number of rotatable bonds is 5. The summed E-state index contributed by atoms with van der Waals surface area (Å²) < 4.78 is 5.25. The minimum atomic E-state index is 0.766. The molecule has 0 radical (unpaired) electrons. The lowest BCUT2D eigenvalue weighted by atomic mass is 10.2. The predicted octanol–water partition coefficient (Wildman–Crippen LogP) is 2.64. The lowest BCUT2D eigenvalue weighted by molar-refractivity contribution is 0.483. The number of anilines is 1. The molecule has 2 rings (SSSR count). The fourth-order valence-electron chi connectivity index (χ4n) is 1.66. The zero-order valence-electron chi connectivity index (χ0n) is 10.3. The van der Waals surface area contributed by atoms with Crippen molar-refractivity contribution in [2.75, 3.05) is 19.0 Å². The first-order valence-electron chi connectivity index (χ1n) is 5.75. The number of nitrogens with zero attached hydrogens (tertiary/aromatic N) is 1. The van der Waals surface area contributed by atoms with Gasteiger partial charge in [0.25, 0.3) is 0 Å². The summed E-state index contributed by atoms with van der Waals surface area (Å²) in [4.78, 5) is 2.10. The molecule has 0 aliphatic carbocycles. The van der Waals surface area contributed by atoms with Crippen LogP contribution < -0.4 is 10.2 Å². The smallest absolute Gasteiger partial charge is 0.117 e. The Morgan fingerprint density at radius 2 is 1.82 bits per heavy atom. The fourth-order valence-corrected chi connectivity index (χ4v) is 1.66. The molecule has 1 heterocycles. The second kappa shape index (κ2) is 5.55. The summed E-state index contributed by atoms with van der Waals surface area (Å²) in [6.45, 7) is 1.62. The number of hydrogen-bond donors (Lipinski definition) is 1. The summed E-state index contributed by atoms with van der Waals surface area (Å²) in [6, 6.07) is 12.4. The van der Waals surface area contributed by atoms with E-state index < -0.39 is 0 Å². The minimum absolute atomic E-state index is 0.766. The van der Waals surface area contributed by atoms with Crippen LogP contribution in [0.2, 0.25) is 0 Å². The van der Waals surface area contributed by atoms with Gasteiger partial charge in [0.15, 0.2) is 0 Å². The molecule has 0 atom stereocenters. The Labute approximate surface area is 102 Å². The van der Waals surface area contributed by atoms with Crippen molar-refractivity contribution in [3.8, 4) is 0 Å². The topological polar surface area (TPSA) is 28.4 Å². The molecule has 3 nitrogen and oxygen atoms in total. The molecule has 1 N–H and O–H groups in total. The van der Waals surface area contributed by atoms with E-state index in [-0.39, 0.29) is 0 Å². The van der Waals surface area contributed by atoms with Crippen molar-refractivity contribution in [2.24, 2.45) is 0 Å². The van der Waals surface area contributed by atoms with Crippen molar-refractivity contribution in [1.82, 2.24) is 5.32 Å². The van der Waals surface area contributed by atoms with E-state index in [1.54, 1.807) is 6.26 Å². The van der Waals surface area contributed by atoms with Crippen LogP contribution >= 0.6 is 0 Å². The molecule has 0 unspecified atom stereocenters. The van der Waals surface area contributed by atoms with Gasteiger partial charge in [0.05, 0.1) is 12.8 Å². The van der Waals surface area contributed by atoms with Gasteiger partial charge in [-0.1, -0.05) is 12.1 Å². The highest BCUT2D eigenvalue weighted by Crippen LogP contribution is 2.12. The Morgan fingerprint density at radius 1 is 1.06 bits per heavy atom. The average Bonchev–Trinajstić information content (AvgIpc) is 2.83. The minimum Gasteiger partial charge on any atom is -0.468 e. The highest BCUT2D eigenvalue weighted by Gasteiger charge is 1.97. The Bertz CT molecular complexity index is 432. The van der Waals surface area contributed by atoms with Gasteiger partial charge in [-0.05, 0) is 29.8 Å². The molecule has 0 saturated carbocycles. The molecule has 0 fully saturated rings. The third-order valence-electron chi connectivity index (χ3n) is 2.66. The predicted molar refractivity (Wildman–Crippen MR) is 70.0 cm³/mol. The zero-order chi connectivity index (χ0) is 12.1. The molecule has 17 heavy (non-hydrogen) atoms. The molecule has 0 saturated heterocycles. The summed E-state index contributed by atoms with van der Waals surface area (Å²) in [6.07, 6.45) is 1.70.